The maximum Gasteiger partial charge on any atom is 0.259 e. The summed E-state index contributed by atoms with van der Waals surface area (Å²) in [5.74, 6) is -0.125. The summed E-state index contributed by atoms with van der Waals surface area (Å²) < 4.78 is 11.2. The highest BCUT2D eigenvalue weighted by Gasteiger charge is 2.28. The number of carbonyl (C=O) groups excluding carboxylic acids is 1. The normalized spacial score (nSPS) is 14.0. The summed E-state index contributed by atoms with van der Waals surface area (Å²) in [6.07, 6.45) is 4.86. The lowest BCUT2D eigenvalue weighted by Gasteiger charge is -2.14. The number of ether oxygens (including phenoxy) is 2. The summed E-state index contributed by atoms with van der Waals surface area (Å²) in [4.78, 5) is 35.1. The third-order valence-corrected chi connectivity index (χ3v) is 7.09. The van der Waals surface area contributed by atoms with Crippen LogP contribution < -0.4 is 15.0 Å². The van der Waals surface area contributed by atoms with Gasteiger partial charge < -0.3 is 14.5 Å². The number of Topliss-reactive ketones (excluding diaryl/α,β-unsaturated/α-hetero) is 1. The number of nitriles is 1. The highest BCUT2D eigenvalue weighted by Crippen LogP contribution is 2.34. The fourth-order valence-corrected chi connectivity index (χ4v) is 5.34. The smallest absolute Gasteiger partial charge is 0.259 e. The summed E-state index contributed by atoms with van der Waals surface area (Å²) >= 11 is 1.49. The quantitative estimate of drug-likeness (QED) is 0.480. The number of aromatic nitrogens is 2. The molecule has 0 radical (unpaired) electrons. The molecule has 8 heteroatoms. The number of aryl methyl sites for hydroxylation is 2. The fourth-order valence-electron chi connectivity index (χ4n) is 4.07. The van der Waals surface area contributed by atoms with E-state index in [1.165, 1.54) is 23.3 Å². The topological polar surface area (TPSA) is 105 Å². The number of hydrogen-bond donors (Lipinski definition) is 1. The van der Waals surface area contributed by atoms with Crippen LogP contribution in [0.1, 0.15) is 65.7 Å². The first kappa shape index (κ1) is 23.0. The first-order chi connectivity index (χ1) is 15.9. The first-order valence-corrected chi connectivity index (χ1v) is 12.0. The Morgan fingerprint density at radius 1 is 1.27 bits per heavy atom. The Labute approximate surface area is 196 Å². The number of rotatable bonds is 8. The number of carbonyl (C=O) groups is 1. The highest BCUT2D eigenvalue weighted by atomic mass is 32.1. The van der Waals surface area contributed by atoms with E-state index in [0.717, 1.165) is 37.7 Å². The molecule has 0 spiro atoms. The standard InChI is InChI=1S/C25H27N3O4S/c1-14(2)10-11-32-18-9-8-15(12-19(18)31-3)22(29)17(13-26)23-27-24(30)21-16-6-4-5-7-20(16)33-25(21)28-23/h8-9,12,14,17H,4-7,10-11H2,1-3H3,(H,27,28,30). The molecule has 1 N–H and O–H groups in total. The van der Waals surface area contributed by atoms with Crippen molar-refractivity contribution in [1.29, 1.82) is 5.26 Å². The van der Waals surface area contributed by atoms with Gasteiger partial charge in [0.1, 0.15) is 10.7 Å². The molecule has 1 aliphatic carbocycles. The van der Waals surface area contributed by atoms with E-state index in [1.54, 1.807) is 18.2 Å². The van der Waals surface area contributed by atoms with Gasteiger partial charge in [0.2, 0.25) is 0 Å². The molecule has 2 heterocycles. The van der Waals surface area contributed by atoms with Crippen molar-refractivity contribution in [1.82, 2.24) is 9.97 Å². The Kier molecular flexibility index (Phi) is 6.80. The number of nitrogens with one attached hydrogen (secondary N) is 1. The van der Waals surface area contributed by atoms with Crippen LogP contribution in [0, 0.1) is 17.2 Å². The molecule has 0 bridgehead atoms. The van der Waals surface area contributed by atoms with E-state index >= 15 is 0 Å². The minimum absolute atomic E-state index is 0.0785. The van der Waals surface area contributed by atoms with Crippen molar-refractivity contribution in [2.75, 3.05) is 13.7 Å². The van der Waals surface area contributed by atoms with Crippen LogP contribution in [0.2, 0.25) is 0 Å². The minimum Gasteiger partial charge on any atom is -0.493 e. The van der Waals surface area contributed by atoms with Gasteiger partial charge >= 0.3 is 0 Å². The number of methoxy groups -OCH3 is 1. The average molecular weight is 466 g/mol. The SMILES string of the molecule is COc1cc(C(=O)C(C#N)c2nc3sc4c(c3c(=O)[nH]2)CCCC4)ccc1OCCC(C)C. The minimum atomic E-state index is -1.22. The molecule has 0 aliphatic heterocycles. The molecule has 1 aliphatic rings. The van der Waals surface area contributed by atoms with Crippen molar-refractivity contribution in [2.24, 2.45) is 5.92 Å². The summed E-state index contributed by atoms with van der Waals surface area (Å²) in [5.41, 5.74) is 1.08. The molecule has 0 fully saturated rings. The zero-order chi connectivity index (χ0) is 23.5. The molecule has 2 aromatic heterocycles. The molecular formula is C25H27N3O4S. The van der Waals surface area contributed by atoms with Crippen LogP contribution in [-0.4, -0.2) is 29.5 Å². The lowest BCUT2D eigenvalue weighted by Crippen LogP contribution is -2.20. The van der Waals surface area contributed by atoms with Crippen molar-refractivity contribution in [3.63, 3.8) is 0 Å². The first-order valence-electron chi connectivity index (χ1n) is 11.2. The summed E-state index contributed by atoms with van der Waals surface area (Å²) in [7, 11) is 1.51. The van der Waals surface area contributed by atoms with E-state index in [1.807, 2.05) is 6.07 Å². The van der Waals surface area contributed by atoms with Gasteiger partial charge in [0.25, 0.3) is 5.56 Å². The number of aromatic amines is 1. The van der Waals surface area contributed by atoms with Crippen LogP contribution in [0.15, 0.2) is 23.0 Å². The Bertz CT molecular complexity index is 1290. The zero-order valence-electron chi connectivity index (χ0n) is 19.1. The van der Waals surface area contributed by atoms with E-state index in [-0.39, 0.29) is 11.4 Å². The maximum atomic E-state index is 13.2. The van der Waals surface area contributed by atoms with Crippen molar-refractivity contribution in [3.8, 4) is 17.6 Å². The van der Waals surface area contributed by atoms with Gasteiger partial charge in [-0.2, -0.15) is 5.26 Å². The molecule has 7 nitrogen and oxygen atoms in total. The third-order valence-electron chi connectivity index (χ3n) is 5.91. The fraction of sp³-hybridized carbons (Fsp3) is 0.440. The van der Waals surface area contributed by atoms with Gasteiger partial charge in [-0.15, -0.1) is 11.3 Å². The Morgan fingerprint density at radius 2 is 2.06 bits per heavy atom. The van der Waals surface area contributed by atoms with E-state index in [0.29, 0.717) is 39.8 Å². The number of H-pyrrole nitrogens is 1. The molecule has 0 amide bonds. The monoisotopic (exact) mass is 465 g/mol. The number of nitrogens with zero attached hydrogens (tertiary/aromatic N) is 2. The van der Waals surface area contributed by atoms with Crippen molar-refractivity contribution in [2.45, 2.75) is 51.9 Å². The molecule has 33 heavy (non-hydrogen) atoms. The second-order valence-electron chi connectivity index (χ2n) is 8.67. The maximum absolute atomic E-state index is 13.2. The van der Waals surface area contributed by atoms with Crippen LogP contribution in [0.4, 0.5) is 0 Å². The molecule has 3 aromatic rings. The van der Waals surface area contributed by atoms with Crippen molar-refractivity contribution < 1.29 is 14.3 Å². The van der Waals surface area contributed by atoms with Crippen molar-refractivity contribution >= 4 is 27.3 Å². The summed E-state index contributed by atoms with van der Waals surface area (Å²) in [6.45, 7) is 4.77. The Balaban J connectivity index is 1.64. The van der Waals surface area contributed by atoms with Crippen LogP contribution in [0.25, 0.3) is 10.2 Å². The largest absolute Gasteiger partial charge is 0.493 e. The Morgan fingerprint density at radius 3 is 2.79 bits per heavy atom. The molecular weight excluding hydrogens is 438 g/mol. The van der Waals surface area contributed by atoms with Crippen LogP contribution in [0.5, 0.6) is 11.5 Å². The van der Waals surface area contributed by atoms with Crippen LogP contribution in [0.3, 0.4) is 0 Å². The van der Waals surface area contributed by atoms with Gasteiger partial charge in [0.15, 0.2) is 23.2 Å². The van der Waals surface area contributed by atoms with Gasteiger partial charge in [-0.3, -0.25) is 9.59 Å². The molecule has 4 rings (SSSR count). The molecule has 0 saturated heterocycles. The second-order valence-corrected chi connectivity index (χ2v) is 9.75. The van der Waals surface area contributed by atoms with Gasteiger partial charge in [0.05, 0.1) is 25.2 Å². The lowest BCUT2D eigenvalue weighted by atomic mass is 9.96. The number of ketones is 1. The van der Waals surface area contributed by atoms with E-state index in [4.69, 9.17) is 9.47 Å². The second kappa shape index (κ2) is 9.75. The van der Waals surface area contributed by atoms with Crippen LogP contribution >= 0.6 is 11.3 Å². The number of fused-ring (bicyclic) bond motifs is 3. The Hall–Kier alpha value is -3.18. The lowest BCUT2D eigenvalue weighted by molar-refractivity contribution is 0.0976. The zero-order valence-corrected chi connectivity index (χ0v) is 19.9. The molecule has 172 valence electrons. The van der Waals surface area contributed by atoms with Gasteiger partial charge in [0, 0.05) is 10.4 Å². The molecule has 1 unspecified atom stereocenters. The highest BCUT2D eigenvalue weighted by molar-refractivity contribution is 7.18. The van der Waals surface area contributed by atoms with Crippen molar-refractivity contribution in [3.05, 3.63) is 50.4 Å². The van der Waals surface area contributed by atoms with Gasteiger partial charge in [-0.1, -0.05) is 13.8 Å². The predicted octanol–water partition coefficient (Wildman–Crippen LogP) is 4.79. The number of hydrogen-bond acceptors (Lipinski definition) is 7. The van der Waals surface area contributed by atoms with Crippen LogP contribution in [-0.2, 0) is 12.8 Å². The van der Waals surface area contributed by atoms with E-state index in [9.17, 15) is 14.9 Å². The average Bonchev–Trinajstić information content (AvgIpc) is 3.18. The predicted molar refractivity (Wildman–Crippen MR) is 128 cm³/mol. The molecule has 1 atom stereocenters. The van der Waals surface area contributed by atoms with Gasteiger partial charge in [-0.05, 0) is 61.8 Å². The summed E-state index contributed by atoms with van der Waals surface area (Å²) in [5, 5.41) is 10.4. The molecule has 0 saturated carbocycles. The van der Waals surface area contributed by atoms with E-state index < -0.39 is 11.7 Å². The third kappa shape index (κ3) is 4.64. The summed E-state index contributed by atoms with van der Waals surface area (Å²) in [6, 6.07) is 6.87. The number of benzene rings is 1. The molecule has 1 aromatic carbocycles. The van der Waals surface area contributed by atoms with E-state index in [2.05, 4.69) is 23.8 Å². The number of thiophene rings is 1. The van der Waals surface area contributed by atoms with Gasteiger partial charge in [-0.25, -0.2) is 4.98 Å².